The SMILES string of the molecule is CC(=O)OC[C@H](C=C1C(=O)CC2=C1CN(S(=O)(=O)c1ccc(C)cc1)C2)OC(C)=O. The van der Waals surface area contributed by atoms with Gasteiger partial charge < -0.3 is 9.47 Å². The second-order valence-corrected chi connectivity index (χ2v) is 9.24. The van der Waals surface area contributed by atoms with E-state index >= 15 is 0 Å². The summed E-state index contributed by atoms with van der Waals surface area (Å²) in [4.78, 5) is 35.1. The highest BCUT2D eigenvalue weighted by molar-refractivity contribution is 7.89. The molecule has 1 aliphatic carbocycles. The maximum atomic E-state index is 13.0. The van der Waals surface area contributed by atoms with Gasteiger partial charge in [0, 0.05) is 38.9 Å². The molecule has 2 aliphatic rings. The molecule has 0 saturated carbocycles. The third-order valence-electron chi connectivity index (χ3n) is 4.91. The van der Waals surface area contributed by atoms with Crippen molar-refractivity contribution >= 4 is 27.7 Å². The van der Waals surface area contributed by atoms with E-state index in [-0.39, 0.29) is 36.8 Å². The van der Waals surface area contributed by atoms with Gasteiger partial charge in [-0.25, -0.2) is 8.42 Å². The third-order valence-corrected chi connectivity index (χ3v) is 6.71. The first kappa shape index (κ1) is 21.9. The van der Waals surface area contributed by atoms with Crippen molar-refractivity contribution < 1.29 is 32.3 Å². The van der Waals surface area contributed by atoms with Crippen LogP contribution in [0.25, 0.3) is 0 Å². The van der Waals surface area contributed by atoms with Crippen LogP contribution in [-0.4, -0.2) is 56.2 Å². The number of Topliss-reactive ketones (excluding diaryl/α,β-unsaturated/α-hetero) is 1. The smallest absolute Gasteiger partial charge is 0.303 e. The van der Waals surface area contributed by atoms with E-state index in [9.17, 15) is 22.8 Å². The number of aryl methyl sites for hydroxylation is 1. The van der Waals surface area contributed by atoms with E-state index in [4.69, 9.17) is 9.47 Å². The molecule has 0 spiro atoms. The Morgan fingerprint density at radius 1 is 1.13 bits per heavy atom. The number of ether oxygens (including phenoxy) is 2. The molecule has 1 aliphatic heterocycles. The first-order valence-corrected chi connectivity index (χ1v) is 10.9. The second-order valence-electron chi connectivity index (χ2n) is 7.30. The van der Waals surface area contributed by atoms with E-state index in [2.05, 4.69) is 0 Å². The van der Waals surface area contributed by atoms with Crippen molar-refractivity contribution in [2.45, 2.75) is 38.2 Å². The van der Waals surface area contributed by atoms with Crippen LogP contribution in [0.1, 0.15) is 25.8 Å². The van der Waals surface area contributed by atoms with Gasteiger partial charge in [-0.15, -0.1) is 0 Å². The minimum Gasteiger partial charge on any atom is -0.462 e. The van der Waals surface area contributed by atoms with Crippen LogP contribution in [0.5, 0.6) is 0 Å². The molecule has 3 rings (SSSR count). The zero-order chi connectivity index (χ0) is 22.1. The highest BCUT2D eigenvalue weighted by Crippen LogP contribution is 2.37. The Morgan fingerprint density at radius 2 is 1.80 bits per heavy atom. The normalized spacial score (nSPS) is 19.2. The number of ketones is 1. The molecule has 0 N–H and O–H groups in total. The number of nitrogens with zero attached hydrogens (tertiary/aromatic N) is 1. The van der Waals surface area contributed by atoms with Crippen molar-refractivity contribution in [1.82, 2.24) is 4.31 Å². The average molecular weight is 433 g/mol. The number of carbonyl (C=O) groups is 3. The van der Waals surface area contributed by atoms with Crippen LogP contribution in [-0.2, 0) is 33.9 Å². The van der Waals surface area contributed by atoms with Crippen molar-refractivity contribution in [3.63, 3.8) is 0 Å². The molecule has 30 heavy (non-hydrogen) atoms. The lowest BCUT2D eigenvalue weighted by atomic mass is 10.1. The highest BCUT2D eigenvalue weighted by atomic mass is 32.2. The van der Waals surface area contributed by atoms with Crippen LogP contribution in [0.2, 0.25) is 0 Å². The van der Waals surface area contributed by atoms with E-state index < -0.39 is 28.1 Å². The van der Waals surface area contributed by atoms with Gasteiger partial charge in [0.05, 0.1) is 4.90 Å². The van der Waals surface area contributed by atoms with E-state index in [0.717, 1.165) is 11.1 Å². The Morgan fingerprint density at radius 3 is 2.40 bits per heavy atom. The fourth-order valence-electron chi connectivity index (χ4n) is 3.49. The standard InChI is InChI=1S/C21H23NO7S/c1-13-4-6-18(7-5-13)30(26,27)22-10-16-8-21(25)19(20(16)11-22)9-17(29-15(3)24)12-28-14(2)23/h4-7,9,17H,8,10-12H2,1-3H3/t17-/m0/s1. The lowest BCUT2D eigenvalue weighted by Gasteiger charge is -2.19. The number of hydrogen-bond donors (Lipinski definition) is 0. The zero-order valence-electron chi connectivity index (χ0n) is 17.0. The number of benzene rings is 1. The Balaban J connectivity index is 1.83. The summed E-state index contributed by atoms with van der Waals surface area (Å²) < 4.78 is 37.3. The quantitative estimate of drug-likeness (QED) is 0.496. The van der Waals surface area contributed by atoms with Crippen molar-refractivity contribution in [2.24, 2.45) is 0 Å². The van der Waals surface area contributed by atoms with Crippen LogP contribution in [0.3, 0.4) is 0 Å². The fourth-order valence-corrected chi connectivity index (χ4v) is 4.89. The summed E-state index contributed by atoms with van der Waals surface area (Å²) in [6, 6.07) is 6.59. The summed E-state index contributed by atoms with van der Waals surface area (Å²) in [5.41, 5.74) is 2.62. The van der Waals surface area contributed by atoms with Gasteiger partial charge in [-0.1, -0.05) is 17.7 Å². The molecule has 0 unspecified atom stereocenters. The molecule has 0 bridgehead atoms. The maximum absolute atomic E-state index is 13.0. The van der Waals surface area contributed by atoms with Crippen molar-refractivity contribution in [1.29, 1.82) is 0 Å². The van der Waals surface area contributed by atoms with Crippen molar-refractivity contribution in [3.8, 4) is 0 Å². The number of sulfonamides is 1. The summed E-state index contributed by atoms with van der Waals surface area (Å²) >= 11 is 0. The molecule has 1 heterocycles. The van der Waals surface area contributed by atoms with Gasteiger partial charge in [-0.05, 0) is 36.3 Å². The summed E-state index contributed by atoms with van der Waals surface area (Å²) in [6.07, 6.45) is 0.623. The van der Waals surface area contributed by atoms with Crippen LogP contribution < -0.4 is 0 Å². The molecule has 0 amide bonds. The lowest BCUT2D eigenvalue weighted by Crippen LogP contribution is -2.31. The monoisotopic (exact) mass is 433 g/mol. The van der Waals surface area contributed by atoms with Gasteiger partial charge in [0.25, 0.3) is 0 Å². The summed E-state index contributed by atoms with van der Waals surface area (Å²) in [5.74, 6) is -1.30. The zero-order valence-corrected chi connectivity index (χ0v) is 17.8. The van der Waals surface area contributed by atoms with Crippen molar-refractivity contribution in [3.05, 3.63) is 52.6 Å². The van der Waals surface area contributed by atoms with E-state index in [1.165, 1.54) is 24.2 Å². The van der Waals surface area contributed by atoms with E-state index in [0.29, 0.717) is 11.1 Å². The lowest BCUT2D eigenvalue weighted by molar-refractivity contribution is -0.153. The average Bonchev–Trinajstić information content (AvgIpc) is 3.19. The van der Waals surface area contributed by atoms with Crippen LogP contribution >= 0.6 is 0 Å². The molecule has 1 aromatic carbocycles. The number of carbonyl (C=O) groups excluding carboxylic acids is 3. The van der Waals surface area contributed by atoms with Gasteiger partial charge in [0.15, 0.2) is 11.9 Å². The fraction of sp³-hybridized carbons (Fsp3) is 0.381. The third kappa shape index (κ3) is 4.68. The van der Waals surface area contributed by atoms with Crippen LogP contribution in [0.15, 0.2) is 52.0 Å². The predicted octanol–water partition coefficient (Wildman–Crippen LogP) is 1.69. The Hall–Kier alpha value is -2.78. The molecule has 0 aromatic heterocycles. The van der Waals surface area contributed by atoms with Gasteiger partial charge in [-0.2, -0.15) is 4.31 Å². The van der Waals surface area contributed by atoms with E-state index in [1.807, 2.05) is 6.92 Å². The molecule has 1 aromatic rings. The predicted molar refractivity (Wildman–Crippen MR) is 107 cm³/mol. The molecular weight excluding hydrogens is 410 g/mol. The Bertz CT molecular complexity index is 1050. The number of hydrogen-bond acceptors (Lipinski definition) is 7. The number of esters is 2. The summed E-state index contributed by atoms with van der Waals surface area (Å²) in [7, 11) is -3.71. The molecule has 0 radical (unpaired) electrons. The van der Waals surface area contributed by atoms with Gasteiger partial charge in [0.1, 0.15) is 6.61 Å². The van der Waals surface area contributed by atoms with Crippen molar-refractivity contribution in [2.75, 3.05) is 19.7 Å². The van der Waals surface area contributed by atoms with Gasteiger partial charge in [-0.3, -0.25) is 14.4 Å². The minimum atomic E-state index is -3.71. The Labute approximate surface area is 175 Å². The molecule has 0 fully saturated rings. The molecule has 9 heteroatoms. The van der Waals surface area contributed by atoms with E-state index in [1.54, 1.807) is 24.3 Å². The topological polar surface area (TPSA) is 107 Å². The van der Waals surface area contributed by atoms with Gasteiger partial charge >= 0.3 is 11.9 Å². The van der Waals surface area contributed by atoms with Gasteiger partial charge in [0.2, 0.25) is 10.0 Å². The first-order chi connectivity index (χ1) is 14.1. The van der Waals surface area contributed by atoms with Crippen LogP contribution in [0.4, 0.5) is 0 Å². The van der Waals surface area contributed by atoms with Crippen LogP contribution in [0, 0.1) is 6.92 Å². The molecule has 160 valence electrons. The summed E-state index contributed by atoms with van der Waals surface area (Å²) in [5, 5.41) is 0. The summed E-state index contributed by atoms with van der Waals surface area (Å²) in [6.45, 7) is 4.29. The Kier molecular flexibility index (Phi) is 6.23. The highest BCUT2D eigenvalue weighted by Gasteiger charge is 2.39. The molecule has 1 atom stereocenters. The largest absolute Gasteiger partial charge is 0.462 e. The molecule has 8 nitrogen and oxygen atoms in total. The molecule has 0 saturated heterocycles. The first-order valence-electron chi connectivity index (χ1n) is 9.41. The number of rotatable bonds is 6. The molecular formula is C21H23NO7S. The minimum absolute atomic E-state index is 0.0590. The maximum Gasteiger partial charge on any atom is 0.303 e. The second kappa shape index (κ2) is 8.53.